The Morgan fingerprint density at radius 3 is 2.56 bits per heavy atom. The van der Waals surface area contributed by atoms with Crippen molar-refractivity contribution in [1.29, 1.82) is 0 Å². The maximum atomic E-state index is 11.7. The molecule has 16 heavy (non-hydrogen) atoms. The average molecular weight is 212 g/mol. The van der Waals surface area contributed by atoms with Crippen molar-refractivity contribution in [1.82, 2.24) is 9.50 Å². The highest BCUT2D eigenvalue weighted by molar-refractivity contribution is 5.34. The molecule has 0 bridgehead atoms. The van der Waals surface area contributed by atoms with E-state index in [4.69, 9.17) is 0 Å². The predicted octanol–water partition coefficient (Wildman–Crippen LogP) is 0.904. The molecule has 0 radical (unpaired) electrons. The molecule has 0 amide bonds. The number of nitrogens with zero attached hydrogens (tertiary/aromatic N) is 2. The Morgan fingerprint density at radius 1 is 1.00 bits per heavy atom. The quantitative estimate of drug-likeness (QED) is 0.598. The van der Waals surface area contributed by atoms with Gasteiger partial charge in [-0.1, -0.05) is 24.3 Å². The molecule has 0 spiro atoms. The van der Waals surface area contributed by atoms with Crippen molar-refractivity contribution in [2.24, 2.45) is 0 Å². The number of rotatable bonds is 1. The molecule has 0 fully saturated rings. The van der Waals surface area contributed by atoms with Crippen LogP contribution in [0.3, 0.4) is 0 Å². The number of H-pyrrole nitrogens is 1. The van der Waals surface area contributed by atoms with Crippen molar-refractivity contribution in [3.8, 4) is 5.69 Å². The summed E-state index contributed by atoms with van der Waals surface area (Å²) >= 11 is 0. The summed E-state index contributed by atoms with van der Waals surface area (Å²) in [5, 5.41) is 2.79. The zero-order valence-corrected chi connectivity index (χ0v) is 8.50. The van der Waals surface area contributed by atoms with E-state index in [0.717, 1.165) is 11.3 Å². The first-order chi connectivity index (χ1) is 7.86. The molecular weight excluding hydrogens is 202 g/mol. The number of hydrogen-bond acceptors (Lipinski definition) is 1. The van der Waals surface area contributed by atoms with Crippen LogP contribution in [0.2, 0.25) is 0 Å². The Kier molecular flexibility index (Phi) is 1.86. The van der Waals surface area contributed by atoms with Crippen LogP contribution in [0.5, 0.6) is 0 Å². The van der Waals surface area contributed by atoms with Gasteiger partial charge in [-0.2, -0.15) is 0 Å². The third-order valence-corrected chi connectivity index (χ3v) is 2.51. The molecule has 2 aromatic heterocycles. The molecule has 78 valence electrons. The van der Waals surface area contributed by atoms with Crippen LogP contribution in [-0.4, -0.2) is 9.50 Å². The first kappa shape index (κ1) is 8.91. The number of aromatic amines is 1. The highest BCUT2D eigenvalue weighted by Crippen LogP contribution is 2.00. The molecule has 4 heteroatoms. The number of pyridine rings is 1. The number of para-hydroxylation sites is 1. The van der Waals surface area contributed by atoms with E-state index < -0.39 is 0 Å². The van der Waals surface area contributed by atoms with E-state index in [9.17, 15) is 4.79 Å². The molecule has 3 aromatic rings. The van der Waals surface area contributed by atoms with E-state index in [1.807, 2.05) is 48.5 Å². The van der Waals surface area contributed by atoms with Crippen LogP contribution in [0.25, 0.3) is 11.3 Å². The minimum atomic E-state index is -0.139. The van der Waals surface area contributed by atoms with E-state index >= 15 is 0 Å². The van der Waals surface area contributed by atoms with Gasteiger partial charge in [0.15, 0.2) is 5.69 Å². The van der Waals surface area contributed by atoms with Gasteiger partial charge in [0.25, 0.3) is 0 Å². The van der Waals surface area contributed by atoms with Gasteiger partial charge in [0, 0.05) is 6.07 Å². The van der Waals surface area contributed by atoms with Crippen molar-refractivity contribution in [2.45, 2.75) is 0 Å². The number of benzene rings is 1. The first-order valence-electron chi connectivity index (χ1n) is 5.03. The van der Waals surface area contributed by atoms with Gasteiger partial charge in [-0.25, -0.2) is 4.79 Å². The van der Waals surface area contributed by atoms with Gasteiger partial charge >= 0.3 is 11.3 Å². The summed E-state index contributed by atoms with van der Waals surface area (Å²) in [5.41, 5.74) is 1.62. The smallest absolute Gasteiger partial charge is 0.216 e. The zero-order valence-electron chi connectivity index (χ0n) is 8.50. The molecule has 1 aromatic carbocycles. The lowest BCUT2D eigenvalue weighted by Gasteiger charge is -1.93. The minimum Gasteiger partial charge on any atom is -0.216 e. The van der Waals surface area contributed by atoms with Gasteiger partial charge in [-0.15, -0.1) is 14.2 Å². The number of fused-ring (bicyclic) bond motifs is 1. The molecule has 0 atom stereocenters. The summed E-state index contributed by atoms with van der Waals surface area (Å²) < 4.78 is 3.34. The molecular formula is C12H10N3O+. The van der Waals surface area contributed by atoms with Gasteiger partial charge in [0.2, 0.25) is 0 Å². The Labute approximate surface area is 91.4 Å². The Balaban J connectivity index is 2.38. The van der Waals surface area contributed by atoms with E-state index in [1.165, 1.54) is 0 Å². The van der Waals surface area contributed by atoms with Crippen molar-refractivity contribution in [2.75, 3.05) is 0 Å². The largest absolute Gasteiger partial charge is 0.449 e. The van der Waals surface area contributed by atoms with Crippen LogP contribution in [-0.2, 0) is 0 Å². The van der Waals surface area contributed by atoms with Crippen molar-refractivity contribution in [3.05, 3.63) is 65.2 Å². The fourth-order valence-electron chi connectivity index (χ4n) is 1.77. The monoisotopic (exact) mass is 212 g/mol. The number of hydrogen-bond donors (Lipinski definition) is 1. The standard InChI is InChI=1S/C12H9N3O/c16-12-13-15(10-6-2-1-3-7-10)11-8-4-5-9-14(11)12/h1-9H/p+1. The highest BCUT2D eigenvalue weighted by Gasteiger charge is 2.14. The number of aromatic nitrogens is 3. The average Bonchev–Trinajstić information content (AvgIpc) is 2.69. The van der Waals surface area contributed by atoms with Gasteiger partial charge in [0.1, 0.15) is 6.20 Å². The van der Waals surface area contributed by atoms with Gasteiger partial charge in [0.05, 0.1) is 0 Å². The van der Waals surface area contributed by atoms with Crippen molar-refractivity contribution < 1.29 is 4.68 Å². The van der Waals surface area contributed by atoms with Crippen LogP contribution in [0.4, 0.5) is 0 Å². The molecule has 0 aliphatic carbocycles. The van der Waals surface area contributed by atoms with Crippen molar-refractivity contribution in [3.63, 3.8) is 0 Å². The van der Waals surface area contributed by atoms with Crippen LogP contribution in [0, 0.1) is 0 Å². The second kappa shape index (κ2) is 3.34. The second-order valence-corrected chi connectivity index (χ2v) is 3.52. The summed E-state index contributed by atoms with van der Waals surface area (Å²) in [6.07, 6.45) is 1.74. The van der Waals surface area contributed by atoms with E-state index in [2.05, 4.69) is 5.10 Å². The van der Waals surface area contributed by atoms with E-state index in [0.29, 0.717) is 0 Å². The minimum absolute atomic E-state index is 0.139. The molecule has 3 rings (SSSR count). The molecule has 0 aliphatic rings. The summed E-state index contributed by atoms with van der Waals surface area (Å²) in [5.74, 6) is 0. The predicted molar refractivity (Wildman–Crippen MR) is 59.5 cm³/mol. The molecule has 0 saturated carbocycles. The normalized spacial score (nSPS) is 10.8. The van der Waals surface area contributed by atoms with Crippen LogP contribution < -0.4 is 10.4 Å². The molecule has 0 unspecified atom stereocenters. The second-order valence-electron chi connectivity index (χ2n) is 3.52. The Bertz CT molecular complexity index is 682. The third kappa shape index (κ3) is 1.24. The van der Waals surface area contributed by atoms with Crippen molar-refractivity contribution >= 4 is 5.65 Å². The molecule has 0 saturated heterocycles. The Morgan fingerprint density at radius 2 is 1.75 bits per heavy atom. The maximum absolute atomic E-state index is 11.7. The SMILES string of the molecule is O=c1[nH][n+](-c2ccccc2)c2ccccn12. The van der Waals surface area contributed by atoms with E-state index in [1.54, 1.807) is 15.3 Å². The fourth-order valence-corrected chi connectivity index (χ4v) is 1.77. The van der Waals surface area contributed by atoms with Crippen LogP contribution in [0.15, 0.2) is 59.5 Å². The lowest BCUT2D eigenvalue weighted by atomic mass is 10.3. The zero-order chi connectivity index (χ0) is 11.0. The maximum Gasteiger partial charge on any atom is 0.449 e. The Hall–Kier alpha value is -2.36. The summed E-state index contributed by atoms with van der Waals surface area (Å²) in [4.78, 5) is 11.7. The molecule has 1 N–H and O–H groups in total. The summed E-state index contributed by atoms with van der Waals surface area (Å²) in [6, 6.07) is 15.3. The third-order valence-electron chi connectivity index (χ3n) is 2.51. The summed E-state index contributed by atoms with van der Waals surface area (Å²) in [7, 11) is 0. The molecule has 4 nitrogen and oxygen atoms in total. The fraction of sp³-hybridized carbons (Fsp3) is 0. The lowest BCUT2D eigenvalue weighted by Crippen LogP contribution is -2.34. The van der Waals surface area contributed by atoms with Gasteiger partial charge < -0.3 is 0 Å². The first-order valence-corrected chi connectivity index (χ1v) is 5.03. The van der Waals surface area contributed by atoms with E-state index in [-0.39, 0.29) is 5.69 Å². The molecule has 0 aliphatic heterocycles. The van der Waals surface area contributed by atoms with Gasteiger partial charge in [-0.05, 0) is 18.2 Å². The highest BCUT2D eigenvalue weighted by atomic mass is 16.1. The van der Waals surface area contributed by atoms with Crippen LogP contribution in [0.1, 0.15) is 0 Å². The molecule has 2 heterocycles. The van der Waals surface area contributed by atoms with Gasteiger partial charge in [-0.3, -0.25) is 0 Å². The number of nitrogens with one attached hydrogen (secondary N) is 1. The lowest BCUT2D eigenvalue weighted by molar-refractivity contribution is -0.632. The summed E-state index contributed by atoms with van der Waals surface area (Å²) in [6.45, 7) is 0. The topological polar surface area (TPSA) is 41.2 Å². The van der Waals surface area contributed by atoms with Crippen LogP contribution >= 0.6 is 0 Å².